The van der Waals surface area contributed by atoms with Gasteiger partial charge in [0, 0.05) is 18.7 Å². The van der Waals surface area contributed by atoms with Crippen molar-refractivity contribution in [1.29, 1.82) is 0 Å². The summed E-state index contributed by atoms with van der Waals surface area (Å²) in [6, 6.07) is 0. The lowest BCUT2D eigenvalue weighted by molar-refractivity contribution is 0.140. The van der Waals surface area contributed by atoms with E-state index in [2.05, 4.69) is 10.2 Å². The van der Waals surface area contributed by atoms with Crippen molar-refractivity contribution >= 4 is 6.09 Å². The van der Waals surface area contributed by atoms with Crippen LogP contribution in [0.5, 0.6) is 5.88 Å². The van der Waals surface area contributed by atoms with Crippen molar-refractivity contribution < 1.29 is 9.53 Å². The molecule has 0 spiro atoms. The average Bonchev–Trinajstić information content (AvgIpc) is 2.66. The lowest BCUT2D eigenvalue weighted by Gasteiger charge is -2.25. The molecule has 82 valence electrons. The molecule has 1 aromatic rings. The van der Waals surface area contributed by atoms with Gasteiger partial charge in [0.2, 0.25) is 5.88 Å². The fourth-order valence-corrected chi connectivity index (χ4v) is 1.67. The number of carbonyl (C=O) groups excluding carboxylic acids is 1. The Bertz CT molecular complexity index is 342. The quantitative estimate of drug-likeness (QED) is 0.765. The summed E-state index contributed by atoms with van der Waals surface area (Å²) in [5.74, 6) is 0.450. The first kappa shape index (κ1) is 10.0. The van der Waals surface area contributed by atoms with Gasteiger partial charge in [0.25, 0.3) is 0 Å². The zero-order valence-corrected chi connectivity index (χ0v) is 8.82. The third-order valence-corrected chi connectivity index (χ3v) is 2.59. The molecule has 0 saturated carbocycles. The van der Waals surface area contributed by atoms with E-state index in [0.29, 0.717) is 5.88 Å². The molecule has 15 heavy (non-hydrogen) atoms. The molecule has 1 aliphatic heterocycles. The first-order chi connectivity index (χ1) is 7.27. The van der Waals surface area contributed by atoms with Gasteiger partial charge in [-0.25, -0.2) is 9.89 Å². The van der Waals surface area contributed by atoms with E-state index in [4.69, 9.17) is 4.74 Å². The van der Waals surface area contributed by atoms with Crippen LogP contribution in [-0.4, -0.2) is 34.3 Å². The zero-order chi connectivity index (χ0) is 10.7. The van der Waals surface area contributed by atoms with Crippen molar-refractivity contribution in [2.75, 3.05) is 13.1 Å². The van der Waals surface area contributed by atoms with E-state index in [1.54, 1.807) is 11.1 Å². The van der Waals surface area contributed by atoms with Crippen molar-refractivity contribution in [1.82, 2.24) is 15.1 Å². The van der Waals surface area contributed by atoms with Crippen LogP contribution in [0, 0.1) is 6.92 Å². The minimum absolute atomic E-state index is 0.276. The fourth-order valence-electron chi connectivity index (χ4n) is 1.67. The number of ether oxygens (including phenoxy) is 1. The molecule has 2 heterocycles. The highest BCUT2D eigenvalue weighted by Gasteiger charge is 2.19. The Hall–Kier alpha value is -1.52. The second-order valence-electron chi connectivity index (χ2n) is 3.80. The number of nitrogens with one attached hydrogen (secondary N) is 1. The first-order valence-electron chi connectivity index (χ1n) is 5.24. The predicted molar refractivity (Wildman–Crippen MR) is 54.8 cm³/mol. The molecule has 5 heteroatoms. The van der Waals surface area contributed by atoms with E-state index in [9.17, 15) is 4.79 Å². The molecular formula is C10H15N3O2. The molecule has 1 N–H and O–H groups in total. The smallest absolute Gasteiger partial charge is 0.391 e. The van der Waals surface area contributed by atoms with Gasteiger partial charge in [-0.1, -0.05) is 0 Å². The van der Waals surface area contributed by atoms with E-state index < -0.39 is 0 Å². The van der Waals surface area contributed by atoms with E-state index in [-0.39, 0.29) is 6.09 Å². The van der Waals surface area contributed by atoms with Gasteiger partial charge in [-0.05, 0) is 26.2 Å². The molecular weight excluding hydrogens is 194 g/mol. The Morgan fingerprint density at radius 1 is 1.47 bits per heavy atom. The molecule has 1 aliphatic rings. The number of amides is 1. The summed E-state index contributed by atoms with van der Waals surface area (Å²) in [6.45, 7) is 3.44. The second kappa shape index (κ2) is 4.33. The first-order valence-corrected chi connectivity index (χ1v) is 5.24. The second-order valence-corrected chi connectivity index (χ2v) is 3.80. The summed E-state index contributed by atoms with van der Waals surface area (Å²) in [6.07, 6.45) is 4.70. The van der Waals surface area contributed by atoms with Crippen LogP contribution in [-0.2, 0) is 0 Å². The van der Waals surface area contributed by atoms with E-state index in [1.807, 2.05) is 6.92 Å². The maximum absolute atomic E-state index is 11.7. The minimum Gasteiger partial charge on any atom is -0.391 e. The third kappa shape index (κ3) is 2.29. The SMILES string of the molecule is Cc1cn[nH]c1OC(=O)N1CCCCC1. The van der Waals surface area contributed by atoms with Crippen LogP contribution in [0.2, 0.25) is 0 Å². The highest BCUT2D eigenvalue weighted by atomic mass is 16.6. The van der Waals surface area contributed by atoms with Crippen molar-refractivity contribution in [3.8, 4) is 5.88 Å². The average molecular weight is 209 g/mol. The van der Waals surface area contributed by atoms with Crippen LogP contribution in [0.25, 0.3) is 0 Å². The number of piperidine rings is 1. The van der Waals surface area contributed by atoms with E-state index >= 15 is 0 Å². The Kier molecular flexibility index (Phi) is 2.89. The zero-order valence-electron chi connectivity index (χ0n) is 8.82. The number of hydrogen-bond acceptors (Lipinski definition) is 3. The summed E-state index contributed by atoms with van der Waals surface area (Å²) in [5.41, 5.74) is 0.848. The normalized spacial score (nSPS) is 16.5. The summed E-state index contributed by atoms with van der Waals surface area (Å²) >= 11 is 0. The number of carbonyl (C=O) groups is 1. The van der Waals surface area contributed by atoms with Gasteiger partial charge in [0.05, 0.1) is 6.20 Å². The standard InChI is InChI=1S/C10H15N3O2/c1-8-7-11-12-9(8)15-10(14)13-5-3-2-4-6-13/h7H,2-6H2,1H3,(H,11,12). The number of rotatable bonds is 1. The lowest BCUT2D eigenvalue weighted by atomic mass is 10.1. The number of nitrogens with zero attached hydrogens (tertiary/aromatic N) is 2. The molecule has 0 radical (unpaired) electrons. The molecule has 2 rings (SSSR count). The molecule has 1 saturated heterocycles. The highest BCUT2D eigenvalue weighted by molar-refractivity contribution is 5.70. The number of hydrogen-bond donors (Lipinski definition) is 1. The molecule has 0 atom stereocenters. The number of likely N-dealkylation sites (tertiary alicyclic amines) is 1. The molecule has 0 unspecified atom stereocenters. The largest absolute Gasteiger partial charge is 0.416 e. The molecule has 0 aliphatic carbocycles. The van der Waals surface area contributed by atoms with Crippen LogP contribution in [0.15, 0.2) is 6.20 Å². The monoisotopic (exact) mass is 209 g/mol. The van der Waals surface area contributed by atoms with Crippen LogP contribution in [0.3, 0.4) is 0 Å². The van der Waals surface area contributed by atoms with E-state index in [1.165, 1.54) is 6.42 Å². The molecule has 0 aromatic carbocycles. The lowest BCUT2D eigenvalue weighted by Crippen LogP contribution is -2.37. The van der Waals surface area contributed by atoms with Crippen molar-refractivity contribution in [2.45, 2.75) is 26.2 Å². The molecule has 0 bridgehead atoms. The van der Waals surface area contributed by atoms with Crippen molar-refractivity contribution in [3.05, 3.63) is 11.8 Å². The Morgan fingerprint density at radius 3 is 2.80 bits per heavy atom. The van der Waals surface area contributed by atoms with Crippen molar-refractivity contribution in [3.63, 3.8) is 0 Å². The maximum atomic E-state index is 11.7. The van der Waals surface area contributed by atoms with Gasteiger partial charge < -0.3 is 9.64 Å². The van der Waals surface area contributed by atoms with Crippen LogP contribution >= 0.6 is 0 Å². The Morgan fingerprint density at radius 2 is 2.20 bits per heavy atom. The summed E-state index contributed by atoms with van der Waals surface area (Å²) < 4.78 is 5.19. The number of aryl methyl sites for hydroxylation is 1. The Labute approximate surface area is 88.4 Å². The van der Waals surface area contributed by atoms with Gasteiger partial charge in [-0.15, -0.1) is 0 Å². The number of aromatic nitrogens is 2. The predicted octanol–water partition coefficient (Wildman–Crippen LogP) is 1.70. The maximum Gasteiger partial charge on any atom is 0.416 e. The van der Waals surface area contributed by atoms with Crippen molar-refractivity contribution in [2.24, 2.45) is 0 Å². The van der Waals surface area contributed by atoms with Gasteiger partial charge in [-0.3, -0.25) is 0 Å². The minimum atomic E-state index is -0.276. The fraction of sp³-hybridized carbons (Fsp3) is 0.600. The van der Waals surface area contributed by atoms with Gasteiger partial charge in [0.1, 0.15) is 0 Å². The van der Waals surface area contributed by atoms with E-state index in [0.717, 1.165) is 31.5 Å². The molecule has 1 fully saturated rings. The van der Waals surface area contributed by atoms with Gasteiger partial charge in [-0.2, -0.15) is 5.10 Å². The van der Waals surface area contributed by atoms with Crippen LogP contribution in [0.4, 0.5) is 4.79 Å². The van der Waals surface area contributed by atoms with Crippen LogP contribution < -0.4 is 4.74 Å². The molecule has 1 amide bonds. The summed E-state index contributed by atoms with van der Waals surface area (Å²) in [4.78, 5) is 13.4. The van der Waals surface area contributed by atoms with Gasteiger partial charge >= 0.3 is 6.09 Å². The number of H-pyrrole nitrogens is 1. The topological polar surface area (TPSA) is 58.2 Å². The molecule has 5 nitrogen and oxygen atoms in total. The van der Waals surface area contributed by atoms with Gasteiger partial charge in [0.15, 0.2) is 0 Å². The van der Waals surface area contributed by atoms with Crippen LogP contribution in [0.1, 0.15) is 24.8 Å². The number of aromatic amines is 1. The molecule has 1 aromatic heterocycles. The third-order valence-electron chi connectivity index (χ3n) is 2.59. The Balaban J connectivity index is 1.94. The summed E-state index contributed by atoms with van der Waals surface area (Å²) in [7, 11) is 0. The summed E-state index contributed by atoms with van der Waals surface area (Å²) in [5, 5.41) is 6.45. The highest BCUT2D eigenvalue weighted by Crippen LogP contribution is 2.15.